The van der Waals surface area contributed by atoms with Crippen LogP contribution < -0.4 is 0 Å². The summed E-state index contributed by atoms with van der Waals surface area (Å²) < 4.78 is 0.866. The van der Waals surface area contributed by atoms with Gasteiger partial charge in [0, 0.05) is 15.8 Å². The molecule has 2 nitrogen and oxygen atoms in total. The third-order valence-electron chi connectivity index (χ3n) is 4.21. The molecule has 1 aliphatic rings. The Morgan fingerprint density at radius 1 is 1.10 bits per heavy atom. The van der Waals surface area contributed by atoms with Gasteiger partial charge in [-0.3, -0.25) is 4.79 Å². The highest BCUT2D eigenvalue weighted by molar-refractivity contribution is 9.10. The summed E-state index contributed by atoms with van der Waals surface area (Å²) in [7, 11) is 0. The van der Waals surface area contributed by atoms with Crippen molar-refractivity contribution in [3.8, 4) is 5.75 Å². The zero-order chi connectivity index (χ0) is 14.1. The Labute approximate surface area is 126 Å². The molecule has 104 valence electrons. The van der Waals surface area contributed by atoms with Crippen molar-refractivity contribution in [1.82, 2.24) is 0 Å². The maximum Gasteiger partial charge on any atom is 0.169 e. The second-order valence-corrected chi connectivity index (χ2v) is 6.35. The maximum absolute atomic E-state index is 12.6. The van der Waals surface area contributed by atoms with E-state index in [1.54, 1.807) is 6.07 Å². The quantitative estimate of drug-likeness (QED) is 0.779. The lowest BCUT2D eigenvalue weighted by molar-refractivity contribution is 0.0887. The number of rotatable bonds is 2. The van der Waals surface area contributed by atoms with Crippen molar-refractivity contribution in [1.29, 1.82) is 0 Å². The number of fused-ring (bicyclic) bond motifs is 1. The Bertz CT molecular complexity index is 657. The van der Waals surface area contributed by atoms with Crippen molar-refractivity contribution in [3.63, 3.8) is 0 Å². The number of phenolic OH excluding ortho intramolecular Hbond substituents is 1. The van der Waals surface area contributed by atoms with Crippen LogP contribution in [0, 0.1) is 5.92 Å². The standard InChI is InChI=1S/C17H17BrO2/c18-15-10-14(16(19)11-6-2-1-3-7-11)17(20)13-9-5-4-8-12(13)15/h4-5,8-11,20H,1-3,6-7H2. The normalized spacial score (nSPS) is 16.4. The van der Waals surface area contributed by atoms with E-state index in [2.05, 4.69) is 15.9 Å². The number of ketones is 1. The number of benzene rings is 2. The molecule has 0 unspecified atom stereocenters. The molecular formula is C17H17BrO2. The minimum Gasteiger partial charge on any atom is -0.507 e. The van der Waals surface area contributed by atoms with Crippen molar-refractivity contribution in [3.05, 3.63) is 40.4 Å². The molecule has 0 heterocycles. The third kappa shape index (κ3) is 2.35. The maximum atomic E-state index is 12.6. The first-order chi connectivity index (χ1) is 9.68. The number of carbonyl (C=O) groups is 1. The Kier molecular flexibility index (Phi) is 3.79. The van der Waals surface area contributed by atoms with Crippen molar-refractivity contribution in [2.75, 3.05) is 0 Å². The monoisotopic (exact) mass is 332 g/mol. The summed E-state index contributed by atoms with van der Waals surface area (Å²) >= 11 is 3.51. The fourth-order valence-electron chi connectivity index (χ4n) is 3.09. The molecule has 0 bridgehead atoms. The van der Waals surface area contributed by atoms with Gasteiger partial charge < -0.3 is 5.11 Å². The molecular weight excluding hydrogens is 316 g/mol. The molecule has 20 heavy (non-hydrogen) atoms. The smallest absolute Gasteiger partial charge is 0.169 e. The number of halogens is 1. The van der Waals surface area contributed by atoms with Gasteiger partial charge in [-0.15, -0.1) is 0 Å². The summed E-state index contributed by atoms with van der Waals surface area (Å²) in [5.41, 5.74) is 0.461. The molecule has 0 radical (unpaired) electrons. The number of Topliss-reactive ketones (excluding diaryl/α,β-unsaturated/α-hetero) is 1. The van der Waals surface area contributed by atoms with Crippen LogP contribution in [0.4, 0.5) is 0 Å². The highest BCUT2D eigenvalue weighted by Gasteiger charge is 2.25. The van der Waals surface area contributed by atoms with Gasteiger partial charge in [0.25, 0.3) is 0 Å². The first kappa shape index (κ1) is 13.6. The Balaban J connectivity index is 2.07. The highest BCUT2D eigenvalue weighted by Crippen LogP contribution is 2.37. The molecule has 2 aromatic rings. The lowest BCUT2D eigenvalue weighted by Gasteiger charge is -2.21. The second-order valence-electron chi connectivity index (χ2n) is 5.50. The van der Waals surface area contributed by atoms with Crippen LogP contribution in [0.25, 0.3) is 10.8 Å². The van der Waals surface area contributed by atoms with Crippen LogP contribution >= 0.6 is 15.9 Å². The first-order valence-electron chi connectivity index (χ1n) is 7.13. The first-order valence-corrected chi connectivity index (χ1v) is 7.92. The summed E-state index contributed by atoms with van der Waals surface area (Å²) in [6, 6.07) is 9.37. The second kappa shape index (κ2) is 5.57. The van der Waals surface area contributed by atoms with E-state index in [0.29, 0.717) is 5.56 Å². The third-order valence-corrected chi connectivity index (χ3v) is 4.86. The minimum atomic E-state index is 0.0720. The van der Waals surface area contributed by atoms with Crippen LogP contribution in [0.1, 0.15) is 42.5 Å². The van der Waals surface area contributed by atoms with Crippen LogP contribution in [0.2, 0.25) is 0 Å². The molecule has 3 rings (SSSR count). The van der Waals surface area contributed by atoms with Gasteiger partial charge in [0.15, 0.2) is 5.78 Å². The van der Waals surface area contributed by atoms with E-state index in [1.165, 1.54) is 6.42 Å². The number of hydrogen-bond donors (Lipinski definition) is 1. The fraction of sp³-hybridized carbons (Fsp3) is 0.353. The molecule has 0 atom stereocenters. The topological polar surface area (TPSA) is 37.3 Å². The SMILES string of the molecule is O=C(c1cc(Br)c2ccccc2c1O)C1CCCCC1. The molecule has 0 aromatic heterocycles. The predicted octanol–water partition coefficient (Wildman–Crippen LogP) is 5.07. The van der Waals surface area contributed by atoms with E-state index in [4.69, 9.17) is 0 Å². The molecule has 0 aliphatic heterocycles. The van der Waals surface area contributed by atoms with Crippen molar-refractivity contribution >= 4 is 32.5 Å². The Morgan fingerprint density at radius 3 is 2.45 bits per heavy atom. The summed E-state index contributed by atoms with van der Waals surface area (Å²) in [5.74, 6) is 0.288. The van der Waals surface area contributed by atoms with Crippen LogP contribution in [0.5, 0.6) is 5.75 Å². The highest BCUT2D eigenvalue weighted by atomic mass is 79.9. The van der Waals surface area contributed by atoms with Gasteiger partial charge in [0.05, 0.1) is 5.56 Å². The lowest BCUT2D eigenvalue weighted by atomic mass is 9.83. The van der Waals surface area contributed by atoms with Gasteiger partial charge in [-0.05, 0) is 24.3 Å². The molecule has 0 spiro atoms. The van der Waals surface area contributed by atoms with E-state index in [1.807, 2.05) is 24.3 Å². The summed E-state index contributed by atoms with van der Waals surface area (Å²) in [5, 5.41) is 12.1. The van der Waals surface area contributed by atoms with Crippen LogP contribution in [0.15, 0.2) is 34.8 Å². The molecule has 1 aliphatic carbocycles. The molecule has 3 heteroatoms. The molecule has 0 amide bonds. The van der Waals surface area contributed by atoms with Gasteiger partial charge >= 0.3 is 0 Å². The fourth-order valence-corrected chi connectivity index (χ4v) is 3.66. The van der Waals surface area contributed by atoms with E-state index in [-0.39, 0.29) is 17.5 Å². The van der Waals surface area contributed by atoms with Gasteiger partial charge in [-0.1, -0.05) is 59.5 Å². The molecule has 1 fully saturated rings. The number of aromatic hydroxyl groups is 1. The van der Waals surface area contributed by atoms with Crippen molar-refractivity contribution < 1.29 is 9.90 Å². The number of carbonyl (C=O) groups excluding carboxylic acids is 1. The van der Waals surface area contributed by atoms with Crippen LogP contribution in [-0.4, -0.2) is 10.9 Å². The average molecular weight is 333 g/mol. The van der Waals surface area contributed by atoms with Gasteiger partial charge in [-0.25, -0.2) is 0 Å². The Hall–Kier alpha value is -1.35. The largest absolute Gasteiger partial charge is 0.507 e. The lowest BCUT2D eigenvalue weighted by Crippen LogP contribution is -2.18. The van der Waals surface area contributed by atoms with Gasteiger partial charge in [0.1, 0.15) is 5.75 Å². The molecule has 2 aromatic carbocycles. The van der Waals surface area contributed by atoms with E-state index in [0.717, 1.165) is 40.9 Å². The van der Waals surface area contributed by atoms with E-state index in [9.17, 15) is 9.90 Å². The minimum absolute atomic E-state index is 0.0720. The van der Waals surface area contributed by atoms with E-state index >= 15 is 0 Å². The zero-order valence-corrected chi connectivity index (χ0v) is 12.8. The summed E-state index contributed by atoms with van der Waals surface area (Å²) in [6.45, 7) is 0. The number of hydrogen-bond acceptors (Lipinski definition) is 2. The molecule has 1 N–H and O–H groups in total. The summed E-state index contributed by atoms with van der Waals surface area (Å²) in [6.07, 6.45) is 5.35. The number of phenols is 1. The molecule has 1 saturated carbocycles. The van der Waals surface area contributed by atoms with Gasteiger partial charge in [-0.2, -0.15) is 0 Å². The van der Waals surface area contributed by atoms with Crippen molar-refractivity contribution in [2.45, 2.75) is 32.1 Å². The van der Waals surface area contributed by atoms with Gasteiger partial charge in [0.2, 0.25) is 0 Å². The average Bonchev–Trinajstić information content (AvgIpc) is 2.51. The Morgan fingerprint density at radius 2 is 1.75 bits per heavy atom. The van der Waals surface area contributed by atoms with Crippen LogP contribution in [0.3, 0.4) is 0 Å². The zero-order valence-electron chi connectivity index (χ0n) is 11.2. The van der Waals surface area contributed by atoms with Crippen molar-refractivity contribution in [2.24, 2.45) is 5.92 Å². The summed E-state index contributed by atoms with van der Waals surface area (Å²) in [4.78, 5) is 12.6. The van der Waals surface area contributed by atoms with Crippen LogP contribution in [-0.2, 0) is 0 Å². The van der Waals surface area contributed by atoms with E-state index < -0.39 is 0 Å². The molecule has 0 saturated heterocycles. The predicted molar refractivity (Wildman–Crippen MR) is 84.2 cm³/mol.